The SMILES string of the molecule is Cc1cc(C)n(-c2cccc(C(=O)C3CC4CCCC(C3)N4C)c2)n1. The van der Waals surface area contributed by atoms with Gasteiger partial charge in [0.1, 0.15) is 0 Å². The maximum Gasteiger partial charge on any atom is 0.166 e. The number of piperidine rings is 2. The molecule has 2 unspecified atom stereocenters. The number of ketones is 1. The third kappa shape index (κ3) is 3.04. The highest BCUT2D eigenvalue weighted by Crippen LogP contribution is 2.37. The molecule has 4 rings (SSSR count). The average Bonchev–Trinajstić information content (AvgIpc) is 2.92. The zero-order valence-corrected chi connectivity index (χ0v) is 15.4. The molecule has 2 aliphatic rings. The van der Waals surface area contributed by atoms with Crippen LogP contribution in [0.1, 0.15) is 53.8 Å². The van der Waals surface area contributed by atoms with Crippen LogP contribution in [-0.2, 0) is 0 Å². The molecule has 0 amide bonds. The summed E-state index contributed by atoms with van der Waals surface area (Å²) in [5.74, 6) is 0.482. The van der Waals surface area contributed by atoms with Crippen molar-refractivity contribution in [1.82, 2.24) is 14.7 Å². The van der Waals surface area contributed by atoms with Crippen LogP contribution >= 0.6 is 0 Å². The lowest BCUT2D eigenvalue weighted by molar-refractivity contribution is 0.0338. The van der Waals surface area contributed by atoms with Crippen LogP contribution in [0.5, 0.6) is 0 Å². The summed E-state index contributed by atoms with van der Waals surface area (Å²) in [7, 11) is 2.23. The maximum atomic E-state index is 13.2. The second-order valence-electron chi connectivity index (χ2n) is 7.83. The van der Waals surface area contributed by atoms with Gasteiger partial charge in [-0.1, -0.05) is 18.6 Å². The van der Waals surface area contributed by atoms with E-state index >= 15 is 0 Å². The molecule has 2 aliphatic heterocycles. The van der Waals surface area contributed by atoms with E-state index in [0.29, 0.717) is 17.9 Å². The van der Waals surface area contributed by atoms with Crippen LogP contribution in [0.4, 0.5) is 0 Å². The first kappa shape index (κ1) is 16.5. The van der Waals surface area contributed by atoms with Gasteiger partial charge >= 0.3 is 0 Å². The Morgan fingerprint density at radius 1 is 1.12 bits per heavy atom. The normalized spacial score (nSPS) is 26.6. The number of carbonyl (C=O) groups excluding carboxylic acids is 1. The van der Waals surface area contributed by atoms with E-state index in [2.05, 4.69) is 23.1 Å². The topological polar surface area (TPSA) is 38.1 Å². The minimum Gasteiger partial charge on any atom is -0.300 e. The Bertz CT molecular complexity index is 780. The zero-order chi connectivity index (χ0) is 17.6. The van der Waals surface area contributed by atoms with Gasteiger partial charge in [0, 0.05) is 29.3 Å². The summed E-state index contributed by atoms with van der Waals surface area (Å²) in [6.07, 6.45) is 5.81. The second kappa shape index (κ2) is 6.41. The Kier molecular flexibility index (Phi) is 4.24. The van der Waals surface area contributed by atoms with E-state index in [1.165, 1.54) is 19.3 Å². The molecule has 0 spiro atoms. The van der Waals surface area contributed by atoms with E-state index in [-0.39, 0.29) is 5.92 Å². The maximum absolute atomic E-state index is 13.2. The van der Waals surface area contributed by atoms with Gasteiger partial charge < -0.3 is 4.90 Å². The van der Waals surface area contributed by atoms with Crippen molar-refractivity contribution in [2.75, 3.05) is 7.05 Å². The Labute approximate surface area is 149 Å². The van der Waals surface area contributed by atoms with Crippen LogP contribution in [0.15, 0.2) is 30.3 Å². The molecule has 0 radical (unpaired) electrons. The number of rotatable bonds is 3. The number of Topliss-reactive ketones (excluding diaryl/α,β-unsaturated/α-hetero) is 1. The molecule has 0 aliphatic carbocycles. The Morgan fingerprint density at radius 3 is 2.48 bits per heavy atom. The van der Waals surface area contributed by atoms with E-state index in [4.69, 9.17) is 0 Å². The molecular weight excluding hydrogens is 310 g/mol. The van der Waals surface area contributed by atoms with Gasteiger partial charge in [0.15, 0.2) is 5.78 Å². The van der Waals surface area contributed by atoms with Gasteiger partial charge in [0.2, 0.25) is 0 Å². The van der Waals surface area contributed by atoms with Gasteiger partial charge in [-0.3, -0.25) is 4.79 Å². The highest BCUT2D eigenvalue weighted by atomic mass is 16.1. The van der Waals surface area contributed by atoms with Crippen LogP contribution in [0.3, 0.4) is 0 Å². The van der Waals surface area contributed by atoms with Gasteiger partial charge in [0.25, 0.3) is 0 Å². The van der Waals surface area contributed by atoms with E-state index in [1.807, 2.05) is 42.8 Å². The van der Waals surface area contributed by atoms with Crippen molar-refractivity contribution in [2.45, 2.75) is 58.0 Å². The summed E-state index contributed by atoms with van der Waals surface area (Å²) in [6.45, 7) is 4.04. The fraction of sp³-hybridized carbons (Fsp3) is 0.524. The standard InChI is InChI=1S/C21H27N3O/c1-14-10-15(2)24(22-14)20-9-4-6-16(11-20)21(25)17-12-18-7-5-8-19(13-17)23(18)3/h4,6,9-11,17-19H,5,7-8,12-13H2,1-3H3. The van der Waals surface area contributed by atoms with Crippen LogP contribution in [0.2, 0.25) is 0 Å². The number of hydrogen-bond donors (Lipinski definition) is 0. The van der Waals surface area contributed by atoms with Crippen molar-refractivity contribution in [3.63, 3.8) is 0 Å². The van der Waals surface area contributed by atoms with Crippen LogP contribution in [0, 0.1) is 19.8 Å². The Morgan fingerprint density at radius 2 is 1.84 bits per heavy atom. The molecule has 2 atom stereocenters. The Balaban J connectivity index is 1.59. The highest BCUT2D eigenvalue weighted by Gasteiger charge is 2.38. The molecule has 25 heavy (non-hydrogen) atoms. The molecule has 132 valence electrons. The second-order valence-corrected chi connectivity index (χ2v) is 7.83. The molecule has 0 N–H and O–H groups in total. The summed E-state index contributed by atoms with van der Waals surface area (Å²) in [4.78, 5) is 15.7. The number of carbonyl (C=O) groups is 1. The van der Waals surface area contributed by atoms with Crippen LogP contribution in [-0.4, -0.2) is 39.6 Å². The number of aromatic nitrogens is 2. The lowest BCUT2D eigenvalue weighted by atomic mass is 9.76. The molecule has 1 aromatic carbocycles. The molecule has 4 nitrogen and oxygen atoms in total. The monoisotopic (exact) mass is 337 g/mol. The predicted octanol–water partition coefficient (Wildman–Crippen LogP) is 3.93. The molecular formula is C21H27N3O. The number of nitrogens with zero attached hydrogens (tertiary/aromatic N) is 3. The zero-order valence-electron chi connectivity index (χ0n) is 15.4. The summed E-state index contributed by atoms with van der Waals surface area (Å²) >= 11 is 0. The molecule has 3 heterocycles. The minimum absolute atomic E-state index is 0.169. The number of aryl methyl sites for hydroxylation is 2. The van der Waals surface area contributed by atoms with Crippen molar-refractivity contribution in [3.8, 4) is 5.69 Å². The third-order valence-corrected chi connectivity index (χ3v) is 6.10. The number of hydrogen-bond acceptors (Lipinski definition) is 3. The first-order valence-electron chi connectivity index (χ1n) is 9.43. The predicted molar refractivity (Wildman–Crippen MR) is 99.3 cm³/mol. The van der Waals surface area contributed by atoms with E-state index in [9.17, 15) is 4.79 Å². The molecule has 2 fully saturated rings. The van der Waals surface area contributed by atoms with Crippen molar-refractivity contribution >= 4 is 5.78 Å². The first-order valence-corrected chi connectivity index (χ1v) is 9.43. The number of benzene rings is 1. The Hall–Kier alpha value is -1.94. The molecule has 1 aromatic heterocycles. The van der Waals surface area contributed by atoms with Gasteiger partial charge in [-0.15, -0.1) is 0 Å². The third-order valence-electron chi connectivity index (χ3n) is 6.10. The van der Waals surface area contributed by atoms with Crippen molar-refractivity contribution < 1.29 is 4.79 Å². The lowest BCUT2D eigenvalue weighted by Crippen LogP contribution is -2.51. The van der Waals surface area contributed by atoms with Crippen LogP contribution in [0.25, 0.3) is 5.69 Å². The molecule has 2 bridgehead atoms. The van der Waals surface area contributed by atoms with Crippen molar-refractivity contribution in [3.05, 3.63) is 47.3 Å². The first-order chi connectivity index (χ1) is 12.0. The van der Waals surface area contributed by atoms with E-state index < -0.39 is 0 Å². The minimum atomic E-state index is 0.169. The quantitative estimate of drug-likeness (QED) is 0.796. The summed E-state index contributed by atoms with van der Waals surface area (Å²) < 4.78 is 1.93. The fourth-order valence-corrected chi connectivity index (χ4v) is 4.75. The smallest absolute Gasteiger partial charge is 0.166 e. The number of fused-ring (bicyclic) bond motifs is 2. The van der Waals surface area contributed by atoms with Gasteiger partial charge in [0.05, 0.1) is 11.4 Å². The average molecular weight is 337 g/mol. The fourth-order valence-electron chi connectivity index (χ4n) is 4.75. The summed E-state index contributed by atoms with van der Waals surface area (Å²) in [6, 6.07) is 11.2. The molecule has 2 aromatic rings. The molecule has 0 saturated carbocycles. The summed E-state index contributed by atoms with van der Waals surface area (Å²) in [5, 5.41) is 4.55. The highest BCUT2D eigenvalue weighted by molar-refractivity contribution is 5.98. The van der Waals surface area contributed by atoms with Crippen molar-refractivity contribution in [2.24, 2.45) is 5.92 Å². The lowest BCUT2D eigenvalue weighted by Gasteiger charge is -2.46. The summed E-state index contributed by atoms with van der Waals surface area (Å²) in [5.41, 5.74) is 3.90. The van der Waals surface area contributed by atoms with Gasteiger partial charge in [-0.2, -0.15) is 5.10 Å². The van der Waals surface area contributed by atoms with Gasteiger partial charge in [-0.25, -0.2) is 4.68 Å². The van der Waals surface area contributed by atoms with E-state index in [0.717, 1.165) is 35.5 Å². The van der Waals surface area contributed by atoms with Gasteiger partial charge in [-0.05, 0) is 64.8 Å². The van der Waals surface area contributed by atoms with E-state index in [1.54, 1.807) is 0 Å². The molecule has 2 saturated heterocycles. The molecule has 4 heteroatoms. The largest absolute Gasteiger partial charge is 0.300 e. The van der Waals surface area contributed by atoms with Crippen molar-refractivity contribution in [1.29, 1.82) is 0 Å². The van der Waals surface area contributed by atoms with Crippen LogP contribution < -0.4 is 0 Å².